The van der Waals surface area contributed by atoms with Crippen LogP contribution in [-0.2, 0) is 10.1 Å². The van der Waals surface area contributed by atoms with Crippen molar-refractivity contribution in [1.82, 2.24) is 0 Å². The van der Waals surface area contributed by atoms with Gasteiger partial charge in [0.05, 0.1) is 0 Å². The van der Waals surface area contributed by atoms with Gasteiger partial charge in [0, 0.05) is 0 Å². The molecule has 0 amide bonds. The molecule has 0 saturated heterocycles. The summed E-state index contributed by atoms with van der Waals surface area (Å²) in [6.07, 6.45) is 0. The Morgan fingerprint density at radius 2 is 1.42 bits per heavy atom. The molecule has 0 spiro atoms. The minimum absolute atomic E-state index is 0.397. The van der Waals surface area contributed by atoms with Crippen LogP contribution in [0.25, 0.3) is 0 Å². The van der Waals surface area contributed by atoms with Crippen molar-refractivity contribution in [3.05, 3.63) is 65.5 Å². The van der Waals surface area contributed by atoms with Gasteiger partial charge in [-0.3, -0.25) is 0 Å². The van der Waals surface area contributed by atoms with Gasteiger partial charge in [0.2, 0.25) is 0 Å². The largest absolute Gasteiger partial charge is 0.534 e. The van der Waals surface area contributed by atoms with E-state index < -0.39 is 33.2 Å². The van der Waals surface area contributed by atoms with Crippen LogP contribution in [0.15, 0.2) is 53.6 Å². The van der Waals surface area contributed by atoms with Gasteiger partial charge in [0.1, 0.15) is 17.6 Å². The predicted octanol–water partition coefficient (Wildman–Crippen LogP) is 4.17. The number of alkyl halides is 3. The lowest BCUT2D eigenvalue weighted by molar-refractivity contribution is -0.0500. The van der Waals surface area contributed by atoms with Crippen LogP contribution in [-0.4, -0.2) is 13.9 Å². The van der Waals surface area contributed by atoms with E-state index in [4.69, 9.17) is 5.53 Å². The van der Waals surface area contributed by atoms with E-state index in [0.29, 0.717) is 11.1 Å². The number of nitrogens with one attached hydrogen (secondary N) is 1. The lowest BCUT2D eigenvalue weighted by Crippen LogP contribution is -2.28. The molecule has 5 nitrogen and oxygen atoms in total. The Morgan fingerprint density at radius 3 is 1.83 bits per heavy atom. The SMILES string of the molecule is N=NC(c1ccc(F)cc1)c1ccc(OS(=O)(=O)C(F)(F)F)cc1. The maximum Gasteiger partial charge on any atom is 0.534 e. The van der Waals surface area contributed by atoms with E-state index in [1.54, 1.807) is 0 Å². The lowest BCUT2D eigenvalue weighted by Gasteiger charge is -2.13. The molecule has 1 atom stereocenters. The molecule has 0 heterocycles. The van der Waals surface area contributed by atoms with E-state index in [1.807, 2.05) is 0 Å². The summed E-state index contributed by atoms with van der Waals surface area (Å²) in [6, 6.07) is 8.95. The van der Waals surface area contributed by atoms with Gasteiger partial charge in [0.15, 0.2) is 0 Å². The number of benzene rings is 2. The van der Waals surface area contributed by atoms with Gasteiger partial charge in [-0.2, -0.15) is 26.7 Å². The Hall–Kier alpha value is -2.49. The minimum Gasteiger partial charge on any atom is -0.376 e. The fraction of sp³-hybridized carbons (Fsp3) is 0.143. The lowest BCUT2D eigenvalue weighted by atomic mass is 9.99. The molecule has 0 aliphatic carbocycles. The Morgan fingerprint density at radius 1 is 0.958 bits per heavy atom. The summed E-state index contributed by atoms with van der Waals surface area (Å²) in [5, 5.41) is 3.39. The molecule has 0 saturated carbocycles. The Labute approximate surface area is 134 Å². The van der Waals surface area contributed by atoms with Crippen LogP contribution < -0.4 is 4.18 Å². The highest BCUT2D eigenvalue weighted by atomic mass is 32.2. The van der Waals surface area contributed by atoms with E-state index in [2.05, 4.69) is 9.30 Å². The third-order valence-corrected chi connectivity index (χ3v) is 3.98. The van der Waals surface area contributed by atoms with Crippen LogP contribution in [0.4, 0.5) is 17.6 Å². The van der Waals surface area contributed by atoms with Crippen molar-refractivity contribution in [1.29, 1.82) is 5.53 Å². The zero-order valence-corrected chi connectivity index (χ0v) is 12.6. The highest BCUT2D eigenvalue weighted by Gasteiger charge is 2.48. The third-order valence-electron chi connectivity index (χ3n) is 3.00. The average Bonchev–Trinajstić information content (AvgIpc) is 2.50. The normalized spacial score (nSPS) is 13.3. The van der Waals surface area contributed by atoms with E-state index in [-0.39, 0.29) is 0 Å². The van der Waals surface area contributed by atoms with Crippen LogP contribution >= 0.6 is 0 Å². The molecule has 2 rings (SSSR count). The van der Waals surface area contributed by atoms with E-state index in [9.17, 15) is 26.0 Å². The van der Waals surface area contributed by atoms with Crippen LogP contribution in [0.3, 0.4) is 0 Å². The Bertz CT molecular complexity index is 819. The monoisotopic (exact) mass is 362 g/mol. The van der Waals surface area contributed by atoms with E-state index in [1.165, 1.54) is 36.4 Å². The van der Waals surface area contributed by atoms with Crippen molar-refractivity contribution in [2.75, 3.05) is 0 Å². The number of halogens is 4. The Kier molecular flexibility index (Phi) is 4.88. The molecule has 1 N–H and O–H groups in total. The second kappa shape index (κ2) is 6.56. The van der Waals surface area contributed by atoms with Crippen molar-refractivity contribution in [2.45, 2.75) is 11.6 Å². The zero-order valence-electron chi connectivity index (χ0n) is 11.8. The first-order chi connectivity index (χ1) is 11.1. The first-order valence-corrected chi connectivity index (χ1v) is 7.77. The minimum atomic E-state index is -5.75. The molecule has 2 aromatic rings. The predicted molar refractivity (Wildman–Crippen MR) is 75.4 cm³/mol. The average molecular weight is 362 g/mol. The van der Waals surface area contributed by atoms with E-state index in [0.717, 1.165) is 12.1 Å². The number of rotatable bonds is 5. The van der Waals surface area contributed by atoms with Crippen molar-refractivity contribution < 1.29 is 30.2 Å². The quantitative estimate of drug-likeness (QED) is 0.375. The van der Waals surface area contributed by atoms with Gasteiger partial charge < -0.3 is 4.18 Å². The van der Waals surface area contributed by atoms with Gasteiger partial charge in [-0.05, 0) is 35.4 Å². The highest BCUT2D eigenvalue weighted by molar-refractivity contribution is 7.88. The van der Waals surface area contributed by atoms with Crippen LogP contribution in [0, 0.1) is 11.3 Å². The van der Waals surface area contributed by atoms with E-state index >= 15 is 0 Å². The fourth-order valence-corrected chi connectivity index (χ4v) is 2.33. The van der Waals surface area contributed by atoms with Gasteiger partial charge >= 0.3 is 15.6 Å². The molecule has 0 aliphatic heterocycles. The molecule has 24 heavy (non-hydrogen) atoms. The van der Waals surface area contributed by atoms with Crippen molar-refractivity contribution >= 4 is 10.1 Å². The summed E-state index contributed by atoms with van der Waals surface area (Å²) in [5.74, 6) is -0.998. The second-order valence-electron chi connectivity index (χ2n) is 4.64. The maximum atomic E-state index is 12.9. The number of hydrogen-bond acceptors (Lipinski definition) is 5. The summed E-state index contributed by atoms with van der Waals surface area (Å²) in [4.78, 5) is 0. The molecule has 1 unspecified atom stereocenters. The molecule has 0 aliphatic rings. The smallest absolute Gasteiger partial charge is 0.376 e. The number of hydrogen-bond donors (Lipinski definition) is 1. The summed E-state index contributed by atoms with van der Waals surface area (Å²) < 4.78 is 75.5. The number of nitrogens with zero attached hydrogens (tertiary/aromatic N) is 1. The zero-order chi connectivity index (χ0) is 18.0. The van der Waals surface area contributed by atoms with Crippen molar-refractivity contribution in [3.63, 3.8) is 0 Å². The maximum absolute atomic E-state index is 12.9. The second-order valence-corrected chi connectivity index (χ2v) is 6.17. The van der Waals surface area contributed by atoms with Crippen LogP contribution in [0.5, 0.6) is 5.75 Å². The summed E-state index contributed by atoms with van der Waals surface area (Å²) in [5.41, 5.74) is 2.58. The molecule has 0 bridgehead atoms. The van der Waals surface area contributed by atoms with Gasteiger partial charge in [-0.25, -0.2) is 9.92 Å². The Balaban J connectivity index is 2.25. The van der Waals surface area contributed by atoms with Crippen LogP contribution in [0.1, 0.15) is 17.2 Å². The third kappa shape index (κ3) is 3.88. The van der Waals surface area contributed by atoms with Gasteiger partial charge in [0.25, 0.3) is 0 Å². The topological polar surface area (TPSA) is 79.6 Å². The first kappa shape index (κ1) is 17.9. The summed E-state index contributed by atoms with van der Waals surface area (Å²) in [7, 11) is -5.75. The molecule has 0 radical (unpaired) electrons. The van der Waals surface area contributed by atoms with Crippen molar-refractivity contribution in [2.24, 2.45) is 5.11 Å². The molecular formula is C14H10F4N2O3S. The standard InChI is InChI=1S/C14H10F4N2O3S/c15-11-5-1-9(2-6-11)13(20-19)10-3-7-12(8-4-10)23-24(21,22)14(16,17)18/h1-8,13,19H. The molecule has 0 aromatic heterocycles. The molecule has 128 valence electrons. The van der Waals surface area contributed by atoms with Crippen molar-refractivity contribution in [3.8, 4) is 5.75 Å². The highest BCUT2D eigenvalue weighted by Crippen LogP contribution is 2.30. The fourth-order valence-electron chi connectivity index (χ4n) is 1.87. The molecule has 2 aromatic carbocycles. The summed E-state index contributed by atoms with van der Waals surface area (Å²) in [6.45, 7) is 0. The van der Waals surface area contributed by atoms with Crippen LogP contribution in [0.2, 0.25) is 0 Å². The molecule has 0 fully saturated rings. The van der Waals surface area contributed by atoms with Gasteiger partial charge in [-0.15, -0.1) is 0 Å². The molecular weight excluding hydrogens is 352 g/mol. The van der Waals surface area contributed by atoms with Gasteiger partial charge in [-0.1, -0.05) is 24.3 Å². The molecule has 10 heteroatoms. The first-order valence-electron chi connectivity index (χ1n) is 6.37. The summed E-state index contributed by atoms with van der Waals surface area (Å²) >= 11 is 0.